The van der Waals surface area contributed by atoms with Gasteiger partial charge in [-0.1, -0.05) is 26.2 Å². The quantitative estimate of drug-likeness (QED) is 0.257. The lowest BCUT2D eigenvalue weighted by Crippen LogP contribution is -2.50. The normalized spacial score (nSPS) is 20.7. The Balaban J connectivity index is 0.00000480. The van der Waals surface area contributed by atoms with Gasteiger partial charge in [-0.2, -0.15) is 0 Å². The summed E-state index contributed by atoms with van der Waals surface area (Å²) < 4.78 is 5.37. The number of likely N-dealkylation sites (tertiary alicyclic amines) is 1. The third kappa shape index (κ3) is 9.82. The second-order valence-electron chi connectivity index (χ2n) is 9.48. The maximum Gasteiger partial charge on any atom is 0.407 e. The number of ether oxygens (including phenoxy) is 1. The van der Waals surface area contributed by atoms with Crippen LogP contribution in [0.1, 0.15) is 72.6 Å². The van der Waals surface area contributed by atoms with Crippen LogP contribution >= 0.6 is 24.0 Å². The van der Waals surface area contributed by atoms with Crippen LogP contribution in [0.2, 0.25) is 0 Å². The van der Waals surface area contributed by atoms with Gasteiger partial charge in [0.05, 0.1) is 0 Å². The first-order valence-corrected chi connectivity index (χ1v) is 11.5. The van der Waals surface area contributed by atoms with E-state index in [-0.39, 0.29) is 42.0 Å². The first-order chi connectivity index (χ1) is 14.2. The van der Waals surface area contributed by atoms with E-state index < -0.39 is 11.7 Å². The number of hydrogen-bond donors (Lipinski definition) is 3. The fourth-order valence-corrected chi connectivity index (χ4v) is 4.17. The molecule has 0 aromatic heterocycles. The molecule has 2 fully saturated rings. The van der Waals surface area contributed by atoms with Gasteiger partial charge >= 0.3 is 6.09 Å². The zero-order valence-corrected chi connectivity index (χ0v) is 22.2. The van der Waals surface area contributed by atoms with E-state index in [0.29, 0.717) is 18.4 Å². The van der Waals surface area contributed by atoms with Crippen LogP contribution in [-0.4, -0.2) is 67.2 Å². The second-order valence-corrected chi connectivity index (χ2v) is 9.48. The molecule has 2 unspecified atom stereocenters. The van der Waals surface area contributed by atoms with E-state index in [9.17, 15) is 9.59 Å². The van der Waals surface area contributed by atoms with Gasteiger partial charge in [-0.3, -0.25) is 9.79 Å². The minimum Gasteiger partial charge on any atom is -0.444 e. The zero-order valence-electron chi connectivity index (χ0n) is 19.8. The van der Waals surface area contributed by atoms with Crippen LogP contribution in [0.5, 0.6) is 0 Å². The Hall–Kier alpha value is -1.26. The number of aliphatic imine (C=N–C) groups is 1. The highest BCUT2D eigenvalue weighted by atomic mass is 127. The first-order valence-electron chi connectivity index (χ1n) is 11.5. The van der Waals surface area contributed by atoms with Crippen molar-refractivity contribution < 1.29 is 14.3 Å². The lowest BCUT2D eigenvalue weighted by molar-refractivity contribution is -0.134. The Labute approximate surface area is 204 Å². The summed E-state index contributed by atoms with van der Waals surface area (Å²) in [6, 6.07) is 0.150. The third-order valence-electron chi connectivity index (χ3n) is 5.64. The maximum atomic E-state index is 12.6. The number of amides is 2. The number of carbonyl (C=O) groups is 2. The molecule has 180 valence electrons. The highest BCUT2D eigenvalue weighted by Gasteiger charge is 2.32. The molecule has 0 aromatic carbocycles. The summed E-state index contributed by atoms with van der Waals surface area (Å²) in [5, 5.41) is 9.69. The molecule has 1 aliphatic carbocycles. The molecular weight excluding hydrogens is 509 g/mol. The van der Waals surface area contributed by atoms with E-state index in [1.165, 1.54) is 12.8 Å². The number of alkyl carbamates (subject to hydrolysis) is 1. The molecule has 3 N–H and O–H groups in total. The maximum absolute atomic E-state index is 12.6. The molecule has 2 rings (SSSR count). The van der Waals surface area contributed by atoms with E-state index >= 15 is 0 Å². The molecule has 0 aromatic rings. The van der Waals surface area contributed by atoms with Crippen LogP contribution in [-0.2, 0) is 9.53 Å². The summed E-state index contributed by atoms with van der Waals surface area (Å²) in [6.07, 6.45) is 6.76. The van der Waals surface area contributed by atoms with Gasteiger partial charge in [0, 0.05) is 44.7 Å². The standard InChI is InChI=1S/C22H41N5O3.HI/c1-6-9-17(26-21(29)30-22(2,3)4)14-24-20(23-5)25-18-12-13-27(15-18)19(28)16-10-7-8-11-16;/h16-18H,6-15H2,1-5H3,(H,26,29)(H2,23,24,25);1H. The van der Waals surface area contributed by atoms with Crippen molar-refractivity contribution in [3.05, 3.63) is 0 Å². The third-order valence-corrected chi connectivity index (χ3v) is 5.64. The summed E-state index contributed by atoms with van der Waals surface area (Å²) in [4.78, 5) is 31.1. The minimum absolute atomic E-state index is 0. The van der Waals surface area contributed by atoms with Gasteiger partial charge in [-0.05, 0) is 46.5 Å². The number of guanidine groups is 1. The minimum atomic E-state index is -0.518. The summed E-state index contributed by atoms with van der Waals surface area (Å²) in [7, 11) is 1.74. The van der Waals surface area contributed by atoms with E-state index in [2.05, 4.69) is 27.9 Å². The number of nitrogens with one attached hydrogen (secondary N) is 3. The van der Waals surface area contributed by atoms with E-state index in [1.807, 2.05) is 25.7 Å². The van der Waals surface area contributed by atoms with Gasteiger partial charge < -0.3 is 25.6 Å². The molecular formula is C22H42IN5O3. The van der Waals surface area contributed by atoms with Gasteiger partial charge in [0.2, 0.25) is 5.91 Å². The lowest BCUT2D eigenvalue weighted by atomic mass is 10.1. The predicted molar refractivity (Wildman–Crippen MR) is 135 cm³/mol. The second kappa shape index (κ2) is 13.3. The van der Waals surface area contributed by atoms with Crippen LogP contribution in [0.3, 0.4) is 0 Å². The molecule has 9 heteroatoms. The van der Waals surface area contributed by atoms with Crippen LogP contribution in [0.15, 0.2) is 4.99 Å². The number of nitrogens with zero attached hydrogens (tertiary/aromatic N) is 2. The largest absolute Gasteiger partial charge is 0.444 e. The summed E-state index contributed by atoms with van der Waals surface area (Å²) in [5.74, 6) is 1.25. The highest BCUT2D eigenvalue weighted by molar-refractivity contribution is 14.0. The summed E-state index contributed by atoms with van der Waals surface area (Å²) >= 11 is 0. The van der Waals surface area contributed by atoms with Crippen molar-refractivity contribution in [3.63, 3.8) is 0 Å². The smallest absolute Gasteiger partial charge is 0.407 e. The van der Waals surface area contributed by atoms with Crippen LogP contribution < -0.4 is 16.0 Å². The van der Waals surface area contributed by atoms with Gasteiger partial charge in [-0.25, -0.2) is 4.79 Å². The average Bonchev–Trinajstić information content (AvgIpc) is 3.35. The Bertz CT molecular complexity index is 602. The number of halogens is 1. The Kier molecular flexibility index (Phi) is 11.9. The van der Waals surface area contributed by atoms with E-state index in [1.54, 1.807) is 7.05 Å². The van der Waals surface area contributed by atoms with Crippen molar-refractivity contribution in [2.45, 2.75) is 90.3 Å². The van der Waals surface area contributed by atoms with E-state index in [4.69, 9.17) is 4.74 Å². The van der Waals surface area contributed by atoms with Crippen molar-refractivity contribution in [2.24, 2.45) is 10.9 Å². The Morgan fingerprint density at radius 1 is 1.19 bits per heavy atom. The van der Waals surface area contributed by atoms with Crippen molar-refractivity contribution >= 4 is 41.9 Å². The van der Waals surface area contributed by atoms with Crippen LogP contribution in [0, 0.1) is 5.92 Å². The van der Waals surface area contributed by atoms with Gasteiger partial charge in [0.15, 0.2) is 5.96 Å². The van der Waals surface area contributed by atoms with Crippen molar-refractivity contribution in [2.75, 3.05) is 26.7 Å². The molecule has 1 heterocycles. The Morgan fingerprint density at radius 3 is 2.45 bits per heavy atom. The van der Waals surface area contributed by atoms with Gasteiger partial charge in [-0.15, -0.1) is 24.0 Å². The molecule has 1 aliphatic heterocycles. The number of hydrogen-bond acceptors (Lipinski definition) is 4. The lowest BCUT2D eigenvalue weighted by Gasteiger charge is -2.25. The molecule has 2 amide bonds. The first kappa shape index (κ1) is 27.8. The topological polar surface area (TPSA) is 95.1 Å². The molecule has 1 saturated carbocycles. The van der Waals surface area contributed by atoms with Crippen LogP contribution in [0.25, 0.3) is 0 Å². The number of carbonyl (C=O) groups excluding carboxylic acids is 2. The van der Waals surface area contributed by atoms with Gasteiger partial charge in [0.25, 0.3) is 0 Å². The zero-order chi connectivity index (χ0) is 22.1. The highest BCUT2D eigenvalue weighted by Crippen LogP contribution is 2.27. The summed E-state index contributed by atoms with van der Waals surface area (Å²) in [5.41, 5.74) is -0.518. The van der Waals surface area contributed by atoms with Crippen molar-refractivity contribution in [1.29, 1.82) is 0 Å². The predicted octanol–water partition coefficient (Wildman–Crippen LogP) is 3.25. The molecule has 0 spiro atoms. The number of rotatable bonds is 7. The average molecular weight is 552 g/mol. The Morgan fingerprint density at radius 2 is 1.87 bits per heavy atom. The van der Waals surface area contributed by atoms with Crippen molar-refractivity contribution in [3.8, 4) is 0 Å². The fourth-order valence-electron chi connectivity index (χ4n) is 4.17. The van der Waals surface area contributed by atoms with E-state index in [0.717, 1.165) is 45.2 Å². The molecule has 31 heavy (non-hydrogen) atoms. The monoisotopic (exact) mass is 551 g/mol. The summed E-state index contributed by atoms with van der Waals surface area (Å²) in [6.45, 7) is 9.75. The van der Waals surface area contributed by atoms with Gasteiger partial charge in [0.1, 0.15) is 5.60 Å². The molecule has 8 nitrogen and oxygen atoms in total. The molecule has 2 aliphatic rings. The SMILES string of the molecule is CCCC(CNC(=NC)NC1CCN(C(=O)C2CCCC2)C1)NC(=O)OC(C)(C)C.I. The van der Waals surface area contributed by atoms with Crippen molar-refractivity contribution in [1.82, 2.24) is 20.9 Å². The molecule has 0 radical (unpaired) electrons. The molecule has 0 bridgehead atoms. The molecule has 2 atom stereocenters. The fraction of sp³-hybridized carbons (Fsp3) is 0.864. The molecule has 1 saturated heterocycles. The van der Waals surface area contributed by atoms with Crippen LogP contribution in [0.4, 0.5) is 4.79 Å².